The van der Waals surface area contributed by atoms with Gasteiger partial charge in [-0.3, -0.25) is 10.4 Å². The van der Waals surface area contributed by atoms with Gasteiger partial charge < -0.3 is 10.5 Å². The molecule has 0 aliphatic rings. The maximum atomic E-state index is 7.36. The highest BCUT2D eigenvalue weighted by atomic mass is 16.5. The number of nitrogens with one attached hydrogen (secondary N) is 1. The molecule has 0 aliphatic heterocycles. The molecule has 0 unspecified atom stereocenters. The van der Waals surface area contributed by atoms with Crippen molar-refractivity contribution in [3.05, 3.63) is 54.5 Å². The summed E-state index contributed by atoms with van der Waals surface area (Å²) in [6.45, 7) is 0. The summed E-state index contributed by atoms with van der Waals surface area (Å²) < 4.78 is 5.67. The van der Waals surface area contributed by atoms with Crippen LogP contribution in [-0.2, 0) is 0 Å². The number of nitrogens with zero attached hydrogens (tertiary/aromatic N) is 3. The minimum Gasteiger partial charge on any atom is -0.424 e. The summed E-state index contributed by atoms with van der Waals surface area (Å²) in [5.41, 5.74) is 6.55. The fourth-order valence-corrected chi connectivity index (χ4v) is 1.80. The predicted octanol–water partition coefficient (Wildman–Crippen LogP) is 2.10. The third-order valence-corrected chi connectivity index (χ3v) is 2.72. The molecule has 3 aromatic rings. The normalized spacial score (nSPS) is 10.4. The van der Waals surface area contributed by atoms with Crippen LogP contribution < -0.4 is 10.5 Å². The van der Waals surface area contributed by atoms with Gasteiger partial charge in [-0.2, -0.15) is 4.98 Å². The molecule has 0 aliphatic carbocycles. The lowest BCUT2D eigenvalue weighted by Crippen LogP contribution is -2.13. The second-order valence-corrected chi connectivity index (χ2v) is 4.07. The average molecular weight is 265 g/mol. The Morgan fingerprint density at radius 2 is 1.95 bits per heavy atom. The molecule has 0 spiro atoms. The Labute approximate surface area is 114 Å². The maximum absolute atomic E-state index is 7.36. The van der Waals surface area contributed by atoms with E-state index in [2.05, 4.69) is 15.0 Å². The number of benzene rings is 1. The summed E-state index contributed by atoms with van der Waals surface area (Å²) in [5, 5.41) is 8.23. The molecule has 3 N–H and O–H groups in total. The first-order valence-electron chi connectivity index (χ1n) is 5.93. The first-order valence-corrected chi connectivity index (χ1v) is 5.93. The number of nitrogen functional groups attached to an aromatic ring is 1. The molecule has 1 aromatic carbocycles. The number of hydrogen-bond donors (Lipinski definition) is 2. The molecule has 2 heterocycles. The van der Waals surface area contributed by atoms with E-state index in [1.807, 2.05) is 30.3 Å². The Morgan fingerprint density at radius 1 is 1.05 bits per heavy atom. The zero-order valence-electron chi connectivity index (χ0n) is 10.4. The molecule has 0 saturated heterocycles. The lowest BCUT2D eigenvalue weighted by Gasteiger charge is -2.07. The number of nitrogens with two attached hydrogens (primary N) is 1. The number of aromatic nitrogens is 3. The van der Waals surface area contributed by atoms with Crippen molar-refractivity contribution in [3.8, 4) is 11.8 Å². The highest BCUT2D eigenvalue weighted by molar-refractivity contribution is 5.93. The van der Waals surface area contributed by atoms with Crippen molar-refractivity contribution in [1.29, 1.82) is 5.41 Å². The molecule has 2 aromatic heterocycles. The number of fused-ring (bicyclic) bond motifs is 1. The molecule has 0 amide bonds. The molecule has 20 heavy (non-hydrogen) atoms. The number of pyridine rings is 1. The predicted molar refractivity (Wildman–Crippen MR) is 74.9 cm³/mol. The minimum atomic E-state index is -0.128. The van der Waals surface area contributed by atoms with Crippen molar-refractivity contribution in [1.82, 2.24) is 15.0 Å². The van der Waals surface area contributed by atoms with E-state index in [1.165, 1.54) is 6.20 Å². The Morgan fingerprint density at radius 3 is 2.80 bits per heavy atom. The Kier molecular flexibility index (Phi) is 2.96. The summed E-state index contributed by atoms with van der Waals surface area (Å²) in [6, 6.07) is 11.0. The van der Waals surface area contributed by atoms with Gasteiger partial charge in [-0.15, -0.1) is 0 Å². The summed E-state index contributed by atoms with van der Waals surface area (Å²) in [6.07, 6.45) is 3.22. The van der Waals surface area contributed by atoms with Crippen molar-refractivity contribution in [3.63, 3.8) is 0 Å². The smallest absolute Gasteiger partial charge is 0.322 e. The Hall–Kier alpha value is -3.02. The van der Waals surface area contributed by atoms with Crippen LogP contribution in [-0.4, -0.2) is 20.8 Å². The van der Waals surface area contributed by atoms with Crippen LogP contribution >= 0.6 is 0 Å². The van der Waals surface area contributed by atoms with Crippen molar-refractivity contribution in [2.24, 2.45) is 5.73 Å². The van der Waals surface area contributed by atoms with Crippen LogP contribution in [0.4, 0.5) is 0 Å². The molecule has 0 bridgehead atoms. The van der Waals surface area contributed by atoms with E-state index < -0.39 is 0 Å². The largest absolute Gasteiger partial charge is 0.424 e. The van der Waals surface area contributed by atoms with Gasteiger partial charge in [0.2, 0.25) is 0 Å². The highest BCUT2D eigenvalue weighted by Gasteiger charge is 2.07. The van der Waals surface area contributed by atoms with Gasteiger partial charge in [-0.25, -0.2) is 4.98 Å². The average Bonchev–Trinajstić information content (AvgIpc) is 2.48. The molecule has 0 radical (unpaired) electrons. The van der Waals surface area contributed by atoms with Gasteiger partial charge in [-0.1, -0.05) is 6.07 Å². The zero-order valence-corrected chi connectivity index (χ0v) is 10.4. The Balaban J connectivity index is 2.01. The van der Waals surface area contributed by atoms with E-state index in [-0.39, 0.29) is 11.8 Å². The first kappa shape index (κ1) is 12.0. The second kappa shape index (κ2) is 4.93. The van der Waals surface area contributed by atoms with Crippen molar-refractivity contribution >= 4 is 16.7 Å². The lowest BCUT2D eigenvalue weighted by molar-refractivity contribution is 0.446. The van der Waals surface area contributed by atoms with Crippen LogP contribution in [0, 0.1) is 5.41 Å². The summed E-state index contributed by atoms with van der Waals surface area (Å²) in [5.74, 6) is 0.480. The standard InChI is InChI=1S/C14H11N5O/c15-13(16)11-6-8-18-14(19-11)20-12-5-1-4-10-9(12)3-2-7-17-10/h1-8H,(H3,15,16). The summed E-state index contributed by atoms with van der Waals surface area (Å²) >= 11 is 0. The van der Waals surface area contributed by atoms with Gasteiger partial charge in [0.25, 0.3) is 0 Å². The number of rotatable bonds is 3. The quantitative estimate of drug-likeness (QED) is 0.558. The monoisotopic (exact) mass is 265 g/mol. The maximum Gasteiger partial charge on any atom is 0.322 e. The fraction of sp³-hybridized carbons (Fsp3) is 0. The molecule has 3 rings (SSSR count). The Bertz CT molecular complexity index is 782. The van der Waals surface area contributed by atoms with Crippen molar-refractivity contribution in [2.75, 3.05) is 0 Å². The number of hydrogen-bond acceptors (Lipinski definition) is 5. The van der Waals surface area contributed by atoms with Crippen molar-refractivity contribution in [2.45, 2.75) is 0 Å². The van der Waals surface area contributed by atoms with Crippen LogP contribution in [0.25, 0.3) is 10.9 Å². The van der Waals surface area contributed by atoms with E-state index in [0.29, 0.717) is 11.4 Å². The minimum absolute atomic E-state index is 0.128. The van der Waals surface area contributed by atoms with Gasteiger partial charge in [0.1, 0.15) is 17.3 Å². The van der Waals surface area contributed by atoms with Crippen molar-refractivity contribution < 1.29 is 4.74 Å². The van der Waals surface area contributed by atoms with Crippen LogP contribution in [0.5, 0.6) is 11.8 Å². The lowest BCUT2D eigenvalue weighted by atomic mass is 10.2. The molecular weight excluding hydrogens is 254 g/mol. The van der Waals surface area contributed by atoms with Gasteiger partial charge in [0.05, 0.1) is 5.52 Å². The number of ether oxygens (including phenoxy) is 1. The van der Waals surface area contributed by atoms with Gasteiger partial charge in [0, 0.05) is 17.8 Å². The molecule has 98 valence electrons. The molecule has 0 atom stereocenters. The van der Waals surface area contributed by atoms with Crippen LogP contribution in [0.15, 0.2) is 48.8 Å². The molecular formula is C14H11N5O. The van der Waals surface area contributed by atoms with E-state index in [4.69, 9.17) is 15.9 Å². The molecule has 6 heteroatoms. The summed E-state index contributed by atoms with van der Waals surface area (Å²) in [4.78, 5) is 12.3. The third-order valence-electron chi connectivity index (χ3n) is 2.72. The summed E-state index contributed by atoms with van der Waals surface area (Å²) in [7, 11) is 0. The van der Waals surface area contributed by atoms with E-state index in [0.717, 1.165) is 10.9 Å². The van der Waals surface area contributed by atoms with Gasteiger partial charge in [-0.05, 0) is 30.3 Å². The van der Waals surface area contributed by atoms with E-state index in [9.17, 15) is 0 Å². The molecule has 0 fully saturated rings. The third kappa shape index (κ3) is 2.26. The topological polar surface area (TPSA) is 97.8 Å². The van der Waals surface area contributed by atoms with E-state index in [1.54, 1.807) is 12.3 Å². The van der Waals surface area contributed by atoms with Gasteiger partial charge >= 0.3 is 6.01 Å². The first-order chi connectivity index (χ1) is 9.74. The van der Waals surface area contributed by atoms with Crippen LogP contribution in [0.2, 0.25) is 0 Å². The molecule has 0 saturated carbocycles. The zero-order chi connectivity index (χ0) is 13.9. The highest BCUT2D eigenvalue weighted by Crippen LogP contribution is 2.26. The van der Waals surface area contributed by atoms with Gasteiger partial charge in [0.15, 0.2) is 0 Å². The van der Waals surface area contributed by atoms with Crippen LogP contribution in [0.3, 0.4) is 0 Å². The molecule has 6 nitrogen and oxygen atoms in total. The SMILES string of the molecule is N=C(N)c1ccnc(Oc2cccc3ncccc23)n1. The fourth-order valence-electron chi connectivity index (χ4n) is 1.80. The van der Waals surface area contributed by atoms with Crippen LogP contribution in [0.1, 0.15) is 5.69 Å². The number of amidine groups is 1. The van der Waals surface area contributed by atoms with E-state index >= 15 is 0 Å². The second-order valence-electron chi connectivity index (χ2n) is 4.07.